The molecular formula is C14H22N2O5. The Morgan fingerprint density at radius 2 is 1.86 bits per heavy atom. The molecule has 0 aromatic rings. The maximum atomic E-state index is 12.1. The van der Waals surface area contributed by atoms with Crippen LogP contribution >= 0.6 is 0 Å². The summed E-state index contributed by atoms with van der Waals surface area (Å²) in [5.74, 6) is -1.86. The molecule has 7 nitrogen and oxygen atoms in total. The summed E-state index contributed by atoms with van der Waals surface area (Å²) in [7, 11) is 0. The van der Waals surface area contributed by atoms with E-state index in [1.54, 1.807) is 34.6 Å². The van der Waals surface area contributed by atoms with Gasteiger partial charge >= 0.3 is 12.1 Å². The molecule has 1 amide bonds. The van der Waals surface area contributed by atoms with E-state index in [0.29, 0.717) is 0 Å². The van der Waals surface area contributed by atoms with Crippen molar-refractivity contribution in [3.63, 3.8) is 0 Å². The fourth-order valence-corrected chi connectivity index (χ4v) is 1.39. The number of ketones is 1. The molecule has 0 N–H and O–H groups in total. The zero-order valence-electron chi connectivity index (χ0n) is 13.1. The van der Waals surface area contributed by atoms with E-state index in [9.17, 15) is 14.4 Å². The topological polar surface area (TPSA) is 96.7 Å². The number of carbonyl (C=O) groups is 3. The molecule has 0 bridgehead atoms. The molecule has 1 atom stereocenters. The Hall–Kier alpha value is -2.10. The fraction of sp³-hybridized carbons (Fsp3) is 0.714. The SMILES string of the molecule is CCOC(=O)C(=O)CN(C(=O)OC(C)(C)C)[C@@H](C)CC#N. The van der Waals surface area contributed by atoms with Gasteiger partial charge in [0.2, 0.25) is 0 Å². The van der Waals surface area contributed by atoms with Crippen molar-refractivity contribution in [3.8, 4) is 6.07 Å². The molecule has 0 aliphatic heterocycles. The van der Waals surface area contributed by atoms with Gasteiger partial charge in [0.05, 0.1) is 25.6 Å². The highest BCUT2D eigenvalue weighted by Gasteiger charge is 2.30. The summed E-state index contributed by atoms with van der Waals surface area (Å²) in [5, 5.41) is 8.72. The monoisotopic (exact) mass is 298 g/mol. The molecule has 0 heterocycles. The van der Waals surface area contributed by atoms with Gasteiger partial charge in [0.1, 0.15) is 5.60 Å². The van der Waals surface area contributed by atoms with E-state index in [1.165, 1.54) is 0 Å². The number of nitrogens with zero attached hydrogens (tertiary/aromatic N) is 2. The van der Waals surface area contributed by atoms with Gasteiger partial charge in [-0.2, -0.15) is 5.26 Å². The zero-order valence-corrected chi connectivity index (χ0v) is 13.1. The van der Waals surface area contributed by atoms with E-state index in [2.05, 4.69) is 4.74 Å². The number of ether oxygens (including phenoxy) is 2. The number of carbonyl (C=O) groups excluding carboxylic acids is 3. The van der Waals surface area contributed by atoms with Gasteiger partial charge in [-0.05, 0) is 34.6 Å². The lowest BCUT2D eigenvalue weighted by Crippen LogP contribution is -2.46. The van der Waals surface area contributed by atoms with E-state index in [0.717, 1.165) is 4.90 Å². The molecular weight excluding hydrogens is 276 g/mol. The summed E-state index contributed by atoms with van der Waals surface area (Å²) in [6.45, 7) is 7.84. The molecule has 118 valence electrons. The fourth-order valence-electron chi connectivity index (χ4n) is 1.39. The smallest absolute Gasteiger partial charge is 0.410 e. The lowest BCUT2D eigenvalue weighted by Gasteiger charge is -2.30. The van der Waals surface area contributed by atoms with Crippen molar-refractivity contribution in [2.24, 2.45) is 0 Å². The maximum absolute atomic E-state index is 12.1. The average molecular weight is 298 g/mol. The number of Topliss-reactive ketones (excluding diaryl/α,β-unsaturated/α-hetero) is 1. The Labute approximate surface area is 124 Å². The number of hydrogen-bond donors (Lipinski definition) is 0. The number of amides is 1. The first-order valence-corrected chi connectivity index (χ1v) is 6.68. The van der Waals surface area contributed by atoms with Crippen LogP contribution in [0.25, 0.3) is 0 Å². The van der Waals surface area contributed by atoms with E-state index >= 15 is 0 Å². The molecule has 0 unspecified atom stereocenters. The molecule has 0 saturated carbocycles. The molecule has 0 aliphatic rings. The molecule has 0 saturated heterocycles. The van der Waals surface area contributed by atoms with Crippen LogP contribution < -0.4 is 0 Å². The highest BCUT2D eigenvalue weighted by Crippen LogP contribution is 2.13. The van der Waals surface area contributed by atoms with Crippen LogP contribution in [0.15, 0.2) is 0 Å². The molecule has 7 heteroatoms. The van der Waals surface area contributed by atoms with E-state index < -0.39 is 36.0 Å². The number of rotatable bonds is 6. The van der Waals surface area contributed by atoms with Gasteiger partial charge in [-0.3, -0.25) is 9.69 Å². The average Bonchev–Trinajstić information content (AvgIpc) is 2.33. The van der Waals surface area contributed by atoms with Crippen molar-refractivity contribution < 1.29 is 23.9 Å². The molecule has 0 aliphatic carbocycles. The van der Waals surface area contributed by atoms with Crippen LogP contribution in [-0.4, -0.2) is 47.5 Å². The third kappa shape index (κ3) is 7.30. The molecule has 0 aromatic carbocycles. The summed E-state index contributed by atoms with van der Waals surface area (Å²) >= 11 is 0. The standard InChI is InChI=1S/C14H22N2O5/c1-6-20-12(18)11(17)9-16(10(2)7-8-15)13(19)21-14(3,4)5/h10H,6-7,9H2,1-5H3/t10-/m0/s1. The summed E-state index contributed by atoms with van der Waals surface area (Å²) in [4.78, 5) is 36.2. The minimum absolute atomic E-state index is 0.0232. The number of esters is 1. The predicted octanol–water partition coefficient (Wildman–Crippen LogP) is 1.66. The van der Waals surface area contributed by atoms with Crippen molar-refractivity contribution in [2.45, 2.75) is 52.7 Å². The van der Waals surface area contributed by atoms with Gasteiger partial charge in [-0.1, -0.05) is 0 Å². The third-order valence-electron chi connectivity index (χ3n) is 2.36. The largest absolute Gasteiger partial charge is 0.460 e. The van der Waals surface area contributed by atoms with Crippen LogP contribution in [0.5, 0.6) is 0 Å². The zero-order chi connectivity index (χ0) is 16.6. The van der Waals surface area contributed by atoms with Gasteiger partial charge in [-0.25, -0.2) is 9.59 Å². The van der Waals surface area contributed by atoms with Crippen molar-refractivity contribution in [3.05, 3.63) is 0 Å². The minimum atomic E-state index is -1.00. The summed E-state index contributed by atoms with van der Waals surface area (Å²) in [6.07, 6.45) is -0.724. The summed E-state index contributed by atoms with van der Waals surface area (Å²) < 4.78 is 9.77. The van der Waals surface area contributed by atoms with Crippen LogP contribution in [0.2, 0.25) is 0 Å². The van der Waals surface area contributed by atoms with E-state index in [-0.39, 0.29) is 13.0 Å². The first-order chi connectivity index (χ1) is 9.62. The van der Waals surface area contributed by atoms with Gasteiger partial charge in [0, 0.05) is 6.04 Å². The van der Waals surface area contributed by atoms with Gasteiger partial charge in [0.25, 0.3) is 5.78 Å². The van der Waals surface area contributed by atoms with E-state index in [1.807, 2.05) is 6.07 Å². The highest BCUT2D eigenvalue weighted by molar-refractivity contribution is 6.34. The molecule has 0 aromatic heterocycles. The Morgan fingerprint density at radius 1 is 1.29 bits per heavy atom. The summed E-state index contributed by atoms with van der Waals surface area (Å²) in [5.41, 5.74) is -0.741. The molecule has 0 spiro atoms. The molecule has 0 rings (SSSR count). The maximum Gasteiger partial charge on any atom is 0.410 e. The normalized spacial score (nSPS) is 12.0. The van der Waals surface area contributed by atoms with Crippen molar-refractivity contribution in [2.75, 3.05) is 13.2 Å². The van der Waals surface area contributed by atoms with Gasteiger partial charge in [-0.15, -0.1) is 0 Å². The predicted molar refractivity (Wildman–Crippen MR) is 74.3 cm³/mol. The minimum Gasteiger partial charge on any atom is -0.460 e. The van der Waals surface area contributed by atoms with Gasteiger partial charge < -0.3 is 9.47 Å². The quantitative estimate of drug-likeness (QED) is 0.546. The lowest BCUT2D eigenvalue weighted by atomic mass is 10.2. The first kappa shape index (κ1) is 18.9. The second-order valence-corrected chi connectivity index (χ2v) is 5.46. The van der Waals surface area contributed by atoms with Gasteiger partial charge in [0.15, 0.2) is 0 Å². The van der Waals surface area contributed by atoms with Crippen molar-refractivity contribution in [1.82, 2.24) is 4.90 Å². The Bertz CT molecular complexity index is 434. The Balaban J connectivity index is 4.99. The van der Waals surface area contributed by atoms with E-state index in [4.69, 9.17) is 10.00 Å². The lowest BCUT2D eigenvalue weighted by molar-refractivity contribution is -0.154. The molecule has 0 fully saturated rings. The Kier molecular flexibility index (Phi) is 7.42. The number of hydrogen-bond acceptors (Lipinski definition) is 6. The van der Waals surface area contributed by atoms with Crippen LogP contribution in [0.4, 0.5) is 4.79 Å². The summed E-state index contributed by atoms with van der Waals surface area (Å²) in [6, 6.07) is 1.36. The van der Waals surface area contributed by atoms with Crippen LogP contribution in [0.3, 0.4) is 0 Å². The van der Waals surface area contributed by atoms with Crippen molar-refractivity contribution >= 4 is 17.8 Å². The van der Waals surface area contributed by atoms with Crippen LogP contribution in [0.1, 0.15) is 41.0 Å². The molecule has 0 radical (unpaired) electrons. The van der Waals surface area contributed by atoms with Crippen molar-refractivity contribution in [1.29, 1.82) is 5.26 Å². The second-order valence-electron chi connectivity index (χ2n) is 5.46. The highest BCUT2D eigenvalue weighted by atomic mass is 16.6. The number of nitriles is 1. The first-order valence-electron chi connectivity index (χ1n) is 6.68. The second kappa shape index (κ2) is 8.25. The van der Waals surface area contributed by atoms with Crippen LogP contribution in [0, 0.1) is 11.3 Å². The third-order valence-corrected chi connectivity index (χ3v) is 2.36. The Morgan fingerprint density at radius 3 is 2.29 bits per heavy atom. The molecule has 21 heavy (non-hydrogen) atoms. The van der Waals surface area contributed by atoms with Crippen LogP contribution in [-0.2, 0) is 19.1 Å².